The number of amides is 1. The van der Waals surface area contributed by atoms with Gasteiger partial charge in [-0.15, -0.1) is 0 Å². The minimum Gasteiger partial charge on any atom is -0.481 e. The van der Waals surface area contributed by atoms with Crippen LogP contribution in [0.25, 0.3) is 0 Å². The first kappa shape index (κ1) is 20.1. The molecule has 7 nitrogen and oxygen atoms in total. The average molecular weight is 420 g/mol. The fourth-order valence-corrected chi connectivity index (χ4v) is 5.75. The summed E-state index contributed by atoms with van der Waals surface area (Å²) < 4.78 is 0. The van der Waals surface area contributed by atoms with Crippen LogP contribution in [0.1, 0.15) is 68.6 Å². The van der Waals surface area contributed by atoms with Crippen LogP contribution in [-0.4, -0.2) is 39.3 Å². The molecule has 8 heteroatoms. The van der Waals surface area contributed by atoms with Crippen molar-refractivity contribution in [3.8, 4) is 0 Å². The van der Waals surface area contributed by atoms with Crippen LogP contribution in [0.2, 0.25) is 5.15 Å². The lowest BCUT2D eigenvalue weighted by molar-refractivity contribution is -0.144. The van der Waals surface area contributed by atoms with Crippen molar-refractivity contribution in [1.82, 2.24) is 10.3 Å². The Kier molecular flexibility index (Phi) is 5.05. The number of nitrogens with zero attached hydrogens (tertiary/aromatic N) is 1. The second kappa shape index (κ2) is 7.27. The van der Waals surface area contributed by atoms with Crippen LogP contribution in [-0.2, 0) is 9.59 Å². The summed E-state index contributed by atoms with van der Waals surface area (Å²) in [5.41, 5.74) is 1.19. The van der Waals surface area contributed by atoms with Crippen molar-refractivity contribution < 1.29 is 19.5 Å². The summed E-state index contributed by atoms with van der Waals surface area (Å²) in [6.07, 6.45) is 7.37. The van der Waals surface area contributed by atoms with Gasteiger partial charge in [0.1, 0.15) is 10.9 Å². The third-order valence-corrected chi connectivity index (χ3v) is 6.90. The number of aromatic nitrogens is 1. The lowest BCUT2D eigenvalue weighted by Gasteiger charge is -2.71. The molecule has 4 aliphatic carbocycles. The summed E-state index contributed by atoms with van der Waals surface area (Å²) in [7, 11) is 0. The first-order valence-corrected chi connectivity index (χ1v) is 10.5. The molecule has 0 aromatic carbocycles. The van der Waals surface area contributed by atoms with Gasteiger partial charge in [-0.3, -0.25) is 9.59 Å². The second-order valence-corrected chi connectivity index (χ2v) is 9.61. The number of ketones is 1. The molecule has 29 heavy (non-hydrogen) atoms. The molecule has 0 atom stereocenters. The summed E-state index contributed by atoms with van der Waals surface area (Å²) >= 11 is 6.08. The summed E-state index contributed by atoms with van der Waals surface area (Å²) in [6.45, 7) is 1.63. The van der Waals surface area contributed by atoms with Crippen LogP contribution in [0, 0.1) is 11.3 Å². The Balaban J connectivity index is 1.39. The Labute approximate surface area is 174 Å². The Morgan fingerprint density at radius 1 is 1.21 bits per heavy atom. The smallest absolute Gasteiger partial charge is 0.306 e. The van der Waals surface area contributed by atoms with Gasteiger partial charge in [0.15, 0.2) is 0 Å². The molecule has 1 aromatic heterocycles. The van der Waals surface area contributed by atoms with Crippen molar-refractivity contribution in [2.45, 2.75) is 69.9 Å². The van der Waals surface area contributed by atoms with E-state index in [2.05, 4.69) is 15.6 Å². The summed E-state index contributed by atoms with van der Waals surface area (Å²) in [5.74, 6) is -1.07. The second-order valence-electron chi connectivity index (χ2n) is 9.23. The van der Waals surface area contributed by atoms with E-state index in [-0.39, 0.29) is 34.6 Å². The number of Topliss-reactive ketones (excluding diaryl/α,β-unsaturated/α-hetero) is 1. The van der Waals surface area contributed by atoms with Crippen molar-refractivity contribution in [2.24, 2.45) is 11.3 Å². The monoisotopic (exact) mass is 419 g/mol. The van der Waals surface area contributed by atoms with Crippen molar-refractivity contribution in [3.05, 3.63) is 23.0 Å². The van der Waals surface area contributed by atoms with Gasteiger partial charge in [-0.1, -0.05) is 11.6 Å². The Morgan fingerprint density at radius 3 is 2.45 bits per heavy atom. The Hall–Kier alpha value is -2.15. The first-order valence-electron chi connectivity index (χ1n) is 10.2. The van der Waals surface area contributed by atoms with E-state index in [1.54, 1.807) is 13.0 Å². The van der Waals surface area contributed by atoms with Crippen LogP contribution in [0.4, 0.5) is 5.69 Å². The third kappa shape index (κ3) is 3.97. The minimum absolute atomic E-state index is 0.0320. The highest BCUT2D eigenvalue weighted by Crippen LogP contribution is 2.70. The largest absolute Gasteiger partial charge is 0.481 e. The van der Waals surface area contributed by atoms with Gasteiger partial charge in [-0.05, 0) is 63.4 Å². The number of hydrogen-bond acceptors (Lipinski definition) is 5. The standard InChI is InChI=1S/C21H26ClN3O4/c1-12(26)7-20-9-21(10-20,11-20)25-16-6-17(22)23-8-15(16)18(27)24-14-4-2-13(3-5-14)19(28)29/h6,8,13-14H,2-5,7,9-11H2,1H3,(H,23,25)(H,24,27)(H,28,29). The van der Waals surface area contributed by atoms with E-state index in [0.29, 0.717) is 48.5 Å². The fourth-order valence-electron chi connectivity index (χ4n) is 5.59. The molecule has 156 valence electrons. The van der Waals surface area contributed by atoms with Gasteiger partial charge < -0.3 is 20.5 Å². The number of hydrogen-bond donors (Lipinski definition) is 3. The van der Waals surface area contributed by atoms with Gasteiger partial charge in [0.25, 0.3) is 5.91 Å². The molecular formula is C21H26ClN3O4. The molecule has 1 amide bonds. The van der Waals surface area contributed by atoms with Gasteiger partial charge in [0, 0.05) is 24.2 Å². The van der Waals surface area contributed by atoms with E-state index < -0.39 is 5.97 Å². The number of carboxylic acids is 1. The highest BCUT2D eigenvalue weighted by atomic mass is 35.5. The maximum Gasteiger partial charge on any atom is 0.306 e. The maximum atomic E-state index is 12.9. The zero-order chi connectivity index (χ0) is 20.8. The molecule has 0 unspecified atom stereocenters. The Morgan fingerprint density at radius 2 is 1.86 bits per heavy atom. The zero-order valence-corrected chi connectivity index (χ0v) is 17.2. The van der Waals surface area contributed by atoms with Gasteiger partial charge in [-0.2, -0.15) is 0 Å². The molecule has 0 saturated heterocycles. The van der Waals surface area contributed by atoms with Crippen LogP contribution < -0.4 is 10.6 Å². The number of carbonyl (C=O) groups excluding carboxylic acids is 2. The summed E-state index contributed by atoms with van der Waals surface area (Å²) in [5, 5.41) is 16.0. The van der Waals surface area contributed by atoms with Crippen molar-refractivity contribution >= 4 is 34.9 Å². The molecule has 0 aliphatic heterocycles. The van der Waals surface area contributed by atoms with Gasteiger partial charge >= 0.3 is 5.97 Å². The van der Waals surface area contributed by atoms with Crippen LogP contribution in [0.15, 0.2) is 12.3 Å². The predicted molar refractivity (Wildman–Crippen MR) is 108 cm³/mol. The number of halogens is 1. The normalized spacial score (nSPS) is 32.5. The minimum atomic E-state index is -0.760. The molecule has 1 aromatic rings. The number of carboxylic acid groups (broad SMARTS) is 1. The molecule has 3 N–H and O–H groups in total. The number of nitrogens with one attached hydrogen (secondary N) is 2. The highest BCUT2D eigenvalue weighted by molar-refractivity contribution is 6.29. The molecule has 4 aliphatic rings. The molecular weight excluding hydrogens is 394 g/mol. The third-order valence-electron chi connectivity index (χ3n) is 6.69. The van der Waals surface area contributed by atoms with Crippen molar-refractivity contribution in [2.75, 3.05) is 5.32 Å². The maximum absolute atomic E-state index is 12.9. The summed E-state index contributed by atoms with van der Waals surface area (Å²) in [4.78, 5) is 39.5. The molecule has 0 radical (unpaired) electrons. The molecule has 5 rings (SSSR count). The van der Waals surface area contributed by atoms with E-state index in [9.17, 15) is 14.4 Å². The molecule has 4 saturated carbocycles. The molecule has 1 heterocycles. The zero-order valence-electron chi connectivity index (χ0n) is 16.5. The van der Waals surface area contributed by atoms with E-state index in [4.69, 9.17) is 16.7 Å². The number of pyridine rings is 1. The molecule has 0 spiro atoms. The van der Waals surface area contributed by atoms with E-state index >= 15 is 0 Å². The molecule has 4 fully saturated rings. The summed E-state index contributed by atoms with van der Waals surface area (Å²) in [6, 6.07) is 1.64. The van der Waals surface area contributed by atoms with Crippen molar-refractivity contribution in [3.63, 3.8) is 0 Å². The predicted octanol–water partition coefficient (Wildman–Crippen LogP) is 3.42. The fraction of sp³-hybridized carbons (Fsp3) is 0.619. The average Bonchev–Trinajstić information content (AvgIpc) is 2.59. The number of rotatable bonds is 7. The lowest BCUT2D eigenvalue weighted by atomic mass is 9.38. The van der Waals surface area contributed by atoms with E-state index in [1.165, 1.54) is 6.20 Å². The van der Waals surface area contributed by atoms with E-state index in [0.717, 1.165) is 19.3 Å². The first-order chi connectivity index (χ1) is 13.7. The number of anilines is 1. The van der Waals surface area contributed by atoms with Gasteiger partial charge in [0.05, 0.1) is 17.2 Å². The Bertz CT molecular complexity index is 844. The number of aliphatic carboxylic acids is 1. The van der Waals surface area contributed by atoms with E-state index in [1.807, 2.05) is 0 Å². The van der Waals surface area contributed by atoms with Gasteiger partial charge in [0.2, 0.25) is 0 Å². The van der Waals surface area contributed by atoms with Crippen LogP contribution in [0.3, 0.4) is 0 Å². The topological polar surface area (TPSA) is 108 Å². The van der Waals surface area contributed by atoms with Crippen molar-refractivity contribution in [1.29, 1.82) is 0 Å². The number of carbonyl (C=O) groups is 3. The molecule has 2 bridgehead atoms. The van der Waals surface area contributed by atoms with Crippen LogP contribution >= 0.6 is 11.6 Å². The highest BCUT2D eigenvalue weighted by Gasteiger charge is 2.67. The SMILES string of the molecule is CC(=O)CC12CC(Nc3cc(Cl)ncc3C(=O)NC3CCC(C(=O)O)CC3)(C1)C2. The van der Waals surface area contributed by atoms with Crippen LogP contribution in [0.5, 0.6) is 0 Å². The lowest BCUT2D eigenvalue weighted by Crippen LogP contribution is -2.71. The van der Waals surface area contributed by atoms with Gasteiger partial charge in [-0.25, -0.2) is 4.98 Å². The quantitative estimate of drug-likeness (QED) is 0.584.